The van der Waals surface area contributed by atoms with Crippen molar-refractivity contribution < 1.29 is 9.84 Å². The number of likely N-dealkylation sites (N-methyl/N-ethyl adjacent to an activating group) is 1. The molecule has 0 radical (unpaired) electrons. The van der Waals surface area contributed by atoms with Crippen molar-refractivity contribution in [3.05, 3.63) is 30.3 Å². The maximum absolute atomic E-state index is 10.4. The maximum atomic E-state index is 10.4. The van der Waals surface area contributed by atoms with Crippen LogP contribution in [0.25, 0.3) is 0 Å². The fourth-order valence-corrected chi connectivity index (χ4v) is 3.81. The van der Waals surface area contributed by atoms with Crippen molar-refractivity contribution in [3.63, 3.8) is 0 Å². The molecule has 0 saturated carbocycles. The van der Waals surface area contributed by atoms with E-state index in [4.69, 9.17) is 4.74 Å². The minimum absolute atomic E-state index is 0.291. The molecule has 24 heavy (non-hydrogen) atoms. The number of nitrogens with zero attached hydrogens (tertiary/aromatic N) is 3. The predicted octanol–water partition coefficient (Wildman–Crippen LogP) is 1.28. The number of para-hydroxylation sites is 1. The van der Waals surface area contributed by atoms with Crippen LogP contribution >= 0.6 is 0 Å². The summed E-state index contributed by atoms with van der Waals surface area (Å²) in [7, 11) is 2.15. The molecule has 0 aliphatic carbocycles. The standard InChI is InChI=1S/C19H31N3O2/c1-20(15-19(23)16-21-10-12-24-13-11-21)18-8-5-9-22(14-18)17-6-3-2-4-7-17/h2-4,6-7,18-19,23H,5,8-16H2,1H3/t18-,19-/m0/s1. The van der Waals surface area contributed by atoms with Gasteiger partial charge in [0.15, 0.2) is 0 Å². The second kappa shape index (κ2) is 8.81. The minimum atomic E-state index is -0.291. The molecule has 2 aliphatic heterocycles. The molecule has 1 N–H and O–H groups in total. The molecule has 5 nitrogen and oxygen atoms in total. The number of anilines is 1. The lowest BCUT2D eigenvalue weighted by atomic mass is 10.0. The van der Waals surface area contributed by atoms with Crippen molar-refractivity contribution in [2.45, 2.75) is 25.0 Å². The molecule has 1 aromatic carbocycles. The number of hydrogen-bond acceptors (Lipinski definition) is 5. The first kappa shape index (κ1) is 17.7. The highest BCUT2D eigenvalue weighted by molar-refractivity contribution is 5.46. The van der Waals surface area contributed by atoms with E-state index in [-0.39, 0.29) is 6.10 Å². The molecule has 134 valence electrons. The van der Waals surface area contributed by atoms with Crippen LogP contribution in [0.5, 0.6) is 0 Å². The lowest BCUT2D eigenvalue weighted by Crippen LogP contribution is -2.50. The second-order valence-corrected chi connectivity index (χ2v) is 7.08. The molecule has 2 saturated heterocycles. The lowest BCUT2D eigenvalue weighted by molar-refractivity contribution is 0.00530. The van der Waals surface area contributed by atoms with E-state index in [9.17, 15) is 5.11 Å². The number of benzene rings is 1. The largest absolute Gasteiger partial charge is 0.390 e. The van der Waals surface area contributed by atoms with E-state index in [1.165, 1.54) is 18.5 Å². The second-order valence-electron chi connectivity index (χ2n) is 7.08. The Morgan fingerprint density at radius 1 is 1.21 bits per heavy atom. The van der Waals surface area contributed by atoms with E-state index in [1.54, 1.807) is 0 Å². The molecule has 2 fully saturated rings. The van der Waals surface area contributed by atoms with Gasteiger partial charge in [-0.1, -0.05) is 18.2 Å². The Morgan fingerprint density at radius 3 is 2.71 bits per heavy atom. The molecule has 0 aromatic heterocycles. The van der Waals surface area contributed by atoms with Gasteiger partial charge in [-0.3, -0.25) is 9.80 Å². The average molecular weight is 333 g/mol. The van der Waals surface area contributed by atoms with Gasteiger partial charge in [0.25, 0.3) is 0 Å². The first-order chi connectivity index (χ1) is 11.7. The van der Waals surface area contributed by atoms with Crippen LogP contribution in [0, 0.1) is 0 Å². The van der Waals surface area contributed by atoms with E-state index in [1.807, 2.05) is 0 Å². The summed E-state index contributed by atoms with van der Waals surface area (Å²) in [5, 5.41) is 10.4. The number of rotatable bonds is 6. The van der Waals surface area contributed by atoms with Gasteiger partial charge in [0, 0.05) is 51.0 Å². The number of piperidine rings is 1. The van der Waals surface area contributed by atoms with E-state index >= 15 is 0 Å². The highest BCUT2D eigenvalue weighted by Gasteiger charge is 2.25. The van der Waals surface area contributed by atoms with Gasteiger partial charge >= 0.3 is 0 Å². The Balaban J connectivity index is 1.47. The van der Waals surface area contributed by atoms with Crippen LogP contribution in [-0.2, 0) is 4.74 Å². The normalized spacial score (nSPS) is 24.3. The molecule has 5 heteroatoms. The van der Waals surface area contributed by atoms with E-state index in [0.29, 0.717) is 6.04 Å². The highest BCUT2D eigenvalue weighted by atomic mass is 16.5. The Kier molecular flexibility index (Phi) is 6.49. The fourth-order valence-electron chi connectivity index (χ4n) is 3.81. The first-order valence-corrected chi connectivity index (χ1v) is 9.21. The van der Waals surface area contributed by atoms with Crippen molar-refractivity contribution in [3.8, 4) is 0 Å². The van der Waals surface area contributed by atoms with Crippen molar-refractivity contribution >= 4 is 5.69 Å². The predicted molar refractivity (Wildman–Crippen MR) is 97.6 cm³/mol. The van der Waals surface area contributed by atoms with Gasteiger partial charge in [0.05, 0.1) is 19.3 Å². The Labute approximate surface area is 145 Å². The molecule has 2 atom stereocenters. The van der Waals surface area contributed by atoms with Gasteiger partial charge < -0.3 is 14.7 Å². The monoisotopic (exact) mass is 333 g/mol. The average Bonchev–Trinajstić information content (AvgIpc) is 2.63. The first-order valence-electron chi connectivity index (χ1n) is 9.21. The van der Waals surface area contributed by atoms with Gasteiger partial charge in [-0.05, 0) is 32.0 Å². The maximum Gasteiger partial charge on any atom is 0.0793 e. The molecule has 0 unspecified atom stereocenters. The minimum Gasteiger partial charge on any atom is -0.390 e. The number of β-amino-alcohol motifs (C(OH)–C–C–N with tert-alkyl or cyclic N) is 1. The van der Waals surface area contributed by atoms with E-state index in [0.717, 1.165) is 52.5 Å². The smallest absolute Gasteiger partial charge is 0.0793 e. The summed E-state index contributed by atoms with van der Waals surface area (Å²) in [4.78, 5) is 7.12. The molecule has 2 heterocycles. The summed E-state index contributed by atoms with van der Waals surface area (Å²) in [6.45, 7) is 7.12. The number of morpholine rings is 1. The number of aliphatic hydroxyl groups is 1. The molecule has 1 aromatic rings. The molecular formula is C19H31N3O2. The number of ether oxygens (including phenoxy) is 1. The highest BCUT2D eigenvalue weighted by Crippen LogP contribution is 2.21. The fraction of sp³-hybridized carbons (Fsp3) is 0.684. The summed E-state index contributed by atoms with van der Waals surface area (Å²) in [6.07, 6.45) is 2.13. The van der Waals surface area contributed by atoms with Crippen LogP contribution in [0.1, 0.15) is 12.8 Å². The van der Waals surface area contributed by atoms with Gasteiger partial charge in [0.2, 0.25) is 0 Å². The van der Waals surface area contributed by atoms with Gasteiger partial charge in [0.1, 0.15) is 0 Å². The topological polar surface area (TPSA) is 39.2 Å². The van der Waals surface area contributed by atoms with Crippen LogP contribution in [0.2, 0.25) is 0 Å². The van der Waals surface area contributed by atoms with Gasteiger partial charge in [-0.2, -0.15) is 0 Å². The van der Waals surface area contributed by atoms with E-state index < -0.39 is 0 Å². The molecule has 2 aliphatic rings. The molecule has 0 spiro atoms. The number of aliphatic hydroxyl groups excluding tert-OH is 1. The third-order valence-corrected chi connectivity index (χ3v) is 5.21. The SMILES string of the molecule is CN(C[C@H](O)CN1CCOCC1)[C@H]1CCCN(c2ccccc2)C1. The van der Waals surface area contributed by atoms with Crippen LogP contribution in [-0.4, -0.2) is 86.6 Å². The zero-order chi connectivity index (χ0) is 16.8. The van der Waals surface area contributed by atoms with E-state index in [2.05, 4.69) is 52.1 Å². The molecular weight excluding hydrogens is 302 g/mol. The summed E-state index contributed by atoms with van der Waals surface area (Å²) >= 11 is 0. The zero-order valence-corrected chi connectivity index (χ0v) is 14.8. The summed E-state index contributed by atoms with van der Waals surface area (Å²) in [6, 6.07) is 11.2. The van der Waals surface area contributed by atoms with Crippen molar-refractivity contribution in [2.24, 2.45) is 0 Å². The number of hydrogen-bond donors (Lipinski definition) is 1. The Morgan fingerprint density at radius 2 is 1.96 bits per heavy atom. The Bertz CT molecular complexity index is 479. The van der Waals surface area contributed by atoms with Gasteiger partial charge in [-0.25, -0.2) is 0 Å². The molecule has 0 bridgehead atoms. The molecule has 3 rings (SSSR count). The van der Waals surface area contributed by atoms with Crippen molar-refractivity contribution in [1.82, 2.24) is 9.80 Å². The lowest BCUT2D eigenvalue weighted by Gasteiger charge is -2.40. The zero-order valence-electron chi connectivity index (χ0n) is 14.8. The quantitative estimate of drug-likeness (QED) is 0.849. The van der Waals surface area contributed by atoms with Crippen LogP contribution in [0.4, 0.5) is 5.69 Å². The summed E-state index contributed by atoms with van der Waals surface area (Å²) in [5.74, 6) is 0. The molecule has 0 amide bonds. The third-order valence-electron chi connectivity index (χ3n) is 5.21. The summed E-state index contributed by atoms with van der Waals surface area (Å²) < 4.78 is 5.37. The van der Waals surface area contributed by atoms with Crippen molar-refractivity contribution in [1.29, 1.82) is 0 Å². The van der Waals surface area contributed by atoms with Crippen LogP contribution < -0.4 is 4.90 Å². The Hall–Kier alpha value is -1.14. The summed E-state index contributed by atoms with van der Waals surface area (Å²) in [5.41, 5.74) is 1.31. The third kappa shape index (κ3) is 4.93. The van der Waals surface area contributed by atoms with Crippen LogP contribution in [0.3, 0.4) is 0 Å². The van der Waals surface area contributed by atoms with Gasteiger partial charge in [-0.15, -0.1) is 0 Å². The van der Waals surface area contributed by atoms with Crippen LogP contribution in [0.15, 0.2) is 30.3 Å². The van der Waals surface area contributed by atoms with Crippen molar-refractivity contribution in [2.75, 3.05) is 64.4 Å².